The van der Waals surface area contributed by atoms with Gasteiger partial charge in [-0.25, -0.2) is 13.4 Å². The van der Waals surface area contributed by atoms with Crippen molar-refractivity contribution in [1.29, 1.82) is 0 Å². The van der Waals surface area contributed by atoms with Crippen molar-refractivity contribution >= 4 is 48.9 Å². The Bertz CT molecular complexity index is 799. The summed E-state index contributed by atoms with van der Waals surface area (Å²) in [5.74, 6) is 0.895. The molecule has 1 heterocycles. The molecule has 2 aromatic rings. The van der Waals surface area contributed by atoms with E-state index in [4.69, 9.17) is 16.3 Å². The molecule has 0 aliphatic heterocycles. The Morgan fingerprint density at radius 2 is 2.14 bits per heavy atom. The first kappa shape index (κ1) is 17.0. The van der Waals surface area contributed by atoms with E-state index in [1.165, 1.54) is 19.6 Å². The lowest BCUT2D eigenvalue weighted by Gasteiger charge is -2.13. The first-order valence-electron chi connectivity index (χ1n) is 6.08. The third kappa shape index (κ3) is 4.56. The number of hydrogen-bond acceptors (Lipinski definition) is 6. The van der Waals surface area contributed by atoms with Gasteiger partial charge in [-0.15, -0.1) is 0 Å². The van der Waals surface area contributed by atoms with Gasteiger partial charge in [0.1, 0.15) is 11.6 Å². The van der Waals surface area contributed by atoms with Gasteiger partial charge in [-0.3, -0.25) is 0 Å². The predicted octanol–water partition coefficient (Wildman–Crippen LogP) is 3.19. The lowest BCUT2D eigenvalue weighted by Crippen LogP contribution is -2.05. The lowest BCUT2D eigenvalue weighted by atomic mass is 10.2. The molecule has 0 spiro atoms. The summed E-state index contributed by atoms with van der Waals surface area (Å²) in [5, 5.41) is 3.14. The van der Waals surface area contributed by atoms with Crippen molar-refractivity contribution in [3.8, 4) is 5.75 Å². The summed E-state index contributed by atoms with van der Waals surface area (Å²) in [6.45, 7) is 0. The molecule has 6 nitrogen and oxygen atoms in total. The first-order chi connectivity index (χ1) is 10.3. The summed E-state index contributed by atoms with van der Waals surface area (Å²) < 4.78 is 29.0. The zero-order valence-corrected chi connectivity index (χ0v) is 15.0. The maximum absolute atomic E-state index is 11.6. The Morgan fingerprint density at radius 1 is 1.41 bits per heavy atom. The number of nitrogens with zero attached hydrogens (tertiary/aromatic N) is 2. The highest BCUT2D eigenvalue weighted by molar-refractivity contribution is 9.10. The third-order valence-corrected chi connectivity index (χ3v) is 4.30. The smallest absolute Gasteiger partial charge is 0.224 e. The van der Waals surface area contributed by atoms with Crippen LogP contribution in [0.5, 0.6) is 5.75 Å². The fourth-order valence-corrected chi connectivity index (χ4v) is 3.01. The molecule has 1 N–H and O–H groups in total. The van der Waals surface area contributed by atoms with Crippen LogP contribution in [0.2, 0.25) is 5.28 Å². The molecule has 0 aliphatic carbocycles. The molecule has 1 aromatic carbocycles. The Morgan fingerprint density at radius 3 is 2.77 bits per heavy atom. The number of methoxy groups -OCH3 is 1. The van der Waals surface area contributed by atoms with Gasteiger partial charge in [-0.05, 0) is 51.3 Å². The highest BCUT2D eigenvalue weighted by Crippen LogP contribution is 2.29. The second-order valence-electron chi connectivity index (χ2n) is 4.55. The molecule has 22 heavy (non-hydrogen) atoms. The van der Waals surface area contributed by atoms with E-state index in [0.717, 1.165) is 0 Å². The summed E-state index contributed by atoms with van der Waals surface area (Å²) >= 11 is 9.09. The van der Waals surface area contributed by atoms with Gasteiger partial charge in [0.25, 0.3) is 0 Å². The van der Waals surface area contributed by atoms with E-state index in [-0.39, 0.29) is 11.0 Å². The van der Waals surface area contributed by atoms with Crippen molar-refractivity contribution in [3.63, 3.8) is 0 Å². The van der Waals surface area contributed by atoms with Crippen LogP contribution in [0.1, 0.15) is 5.56 Å². The van der Waals surface area contributed by atoms with E-state index >= 15 is 0 Å². The zero-order chi connectivity index (χ0) is 16.3. The van der Waals surface area contributed by atoms with Crippen LogP contribution in [0.25, 0.3) is 0 Å². The van der Waals surface area contributed by atoms with Gasteiger partial charge < -0.3 is 10.1 Å². The van der Waals surface area contributed by atoms with Crippen LogP contribution in [0.4, 0.5) is 11.5 Å². The van der Waals surface area contributed by atoms with E-state index in [1.807, 2.05) is 0 Å². The number of nitrogens with one attached hydrogen (secondary N) is 1. The molecule has 0 saturated carbocycles. The van der Waals surface area contributed by atoms with Crippen molar-refractivity contribution in [3.05, 3.63) is 39.7 Å². The van der Waals surface area contributed by atoms with Gasteiger partial charge in [0.15, 0.2) is 9.84 Å². The van der Waals surface area contributed by atoms with Crippen molar-refractivity contribution in [2.45, 2.75) is 5.75 Å². The molecule has 2 rings (SSSR count). The predicted molar refractivity (Wildman–Crippen MR) is 89.6 cm³/mol. The number of benzene rings is 1. The molecule has 0 unspecified atom stereocenters. The van der Waals surface area contributed by atoms with Gasteiger partial charge >= 0.3 is 0 Å². The van der Waals surface area contributed by atoms with E-state index in [0.29, 0.717) is 27.3 Å². The minimum Gasteiger partial charge on any atom is -0.497 e. The second kappa shape index (κ2) is 6.80. The normalized spacial score (nSPS) is 11.3. The van der Waals surface area contributed by atoms with Gasteiger partial charge in [-0.1, -0.05) is 0 Å². The number of hydrogen-bond donors (Lipinski definition) is 1. The molecule has 0 radical (unpaired) electrons. The summed E-state index contributed by atoms with van der Waals surface area (Å²) in [6, 6.07) is 5.12. The molecule has 0 bridgehead atoms. The summed E-state index contributed by atoms with van der Waals surface area (Å²) in [6.07, 6.45) is 2.69. The monoisotopic (exact) mass is 405 g/mol. The molecule has 1 aromatic heterocycles. The number of halogens is 2. The van der Waals surface area contributed by atoms with Crippen LogP contribution in [0.15, 0.2) is 28.9 Å². The average Bonchev–Trinajstić information content (AvgIpc) is 2.43. The van der Waals surface area contributed by atoms with Gasteiger partial charge in [0.2, 0.25) is 5.28 Å². The Hall–Kier alpha value is -1.38. The van der Waals surface area contributed by atoms with E-state index in [1.54, 1.807) is 18.2 Å². The topological polar surface area (TPSA) is 81.2 Å². The SMILES string of the molecule is COc1ccc(Nc2nc(Cl)ncc2Br)c(CS(C)(=O)=O)c1. The number of sulfone groups is 1. The van der Waals surface area contributed by atoms with Crippen molar-refractivity contribution < 1.29 is 13.2 Å². The molecule has 118 valence electrons. The number of aromatic nitrogens is 2. The highest BCUT2D eigenvalue weighted by Gasteiger charge is 2.13. The summed E-state index contributed by atoms with van der Waals surface area (Å²) in [7, 11) is -1.68. The third-order valence-electron chi connectivity index (χ3n) is 2.70. The number of ether oxygens (including phenoxy) is 1. The van der Waals surface area contributed by atoms with E-state index < -0.39 is 9.84 Å². The second-order valence-corrected chi connectivity index (χ2v) is 7.89. The highest BCUT2D eigenvalue weighted by atomic mass is 79.9. The van der Waals surface area contributed by atoms with Gasteiger partial charge in [-0.2, -0.15) is 4.98 Å². The van der Waals surface area contributed by atoms with Crippen molar-refractivity contribution in [1.82, 2.24) is 9.97 Å². The molecule has 0 saturated heterocycles. The van der Waals surface area contributed by atoms with E-state index in [2.05, 4.69) is 31.2 Å². The summed E-state index contributed by atoms with van der Waals surface area (Å²) in [5.41, 5.74) is 1.17. The Kier molecular flexibility index (Phi) is 5.25. The first-order valence-corrected chi connectivity index (χ1v) is 9.31. The van der Waals surface area contributed by atoms with Crippen LogP contribution >= 0.6 is 27.5 Å². The molecule has 0 atom stereocenters. The van der Waals surface area contributed by atoms with Gasteiger partial charge in [0, 0.05) is 18.1 Å². The zero-order valence-electron chi connectivity index (χ0n) is 11.8. The molecule has 9 heteroatoms. The van der Waals surface area contributed by atoms with Crippen LogP contribution in [-0.2, 0) is 15.6 Å². The molecular formula is C13H13BrClN3O3S. The molecule has 0 fully saturated rings. The average molecular weight is 407 g/mol. The lowest BCUT2D eigenvalue weighted by molar-refractivity contribution is 0.414. The van der Waals surface area contributed by atoms with Crippen LogP contribution in [0, 0.1) is 0 Å². The van der Waals surface area contributed by atoms with Crippen molar-refractivity contribution in [2.75, 3.05) is 18.7 Å². The minimum absolute atomic E-state index is 0.0869. The quantitative estimate of drug-likeness (QED) is 0.768. The maximum atomic E-state index is 11.6. The summed E-state index contributed by atoms with van der Waals surface area (Å²) in [4.78, 5) is 7.91. The fraction of sp³-hybridized carbons (Fsp3) is 0.231. The molecular weight excluding hydrogens is 394 g/mol. The van der Waals surface area contributed by atoms with Crippen LogP contribution in [0.3, 0.4) is 0 Å². The molecule has 0 aliphatic rings. The maximum Gasteiger partial charge on any atom is 0.224 e. The minimum atomic E-state index is -3.20. The Labute approximate surface area is 141 Å². The van der Waals surface area contributed by atoms with Crippen molar-refractivity contribution in [2.24, 2.45) is 0 Å². The fourth-order valence-electron chi connectivity index (χ4n) is 1.78. The number of anilines is 2. The molecule has 0 amide bonds. The number of rotatable bonds is 5. The standard InChI is InChI=1S/C13H13BrClN3O3S/c1-21-9-3-4-11(8(5-9)7-22(2,19)20)17-12-10(14)6-16-13(15)18-12/h3-6H,7H2,1-2H3,(H,16,17,18). The Balaban J connectivity index is 2.43. The van der Waals surface area contributed by atoms with Crippen LogP contribution in [-0.4, -0.2) is 31.8 Å². The largest absolute Gasteiger partial charge is 0.497 e. The van der Waals surface area contributed by atoms with Crippen LogP contribution < -0.4 is 10.1 Å². The van der Waals surface area contributed by atoms with Gasteiger partial charge in [0.05, 0.1) is 17.3 Å². The van der Waals surface area contributed by atoms with E-state index in [9.17, 15) is 8.42 Å².